The molecule has 1 aromatic carbocycles. The van der Waals surface area contributed by atoms with E-state index in [1.165, 1.54) is 24.0 Å². The van der Waals surface area contributed by atoms with E-state index in [0.717, 1.165) is 31.6 Å². The maximum absolute atomic E-state index is 9.33. The van der Waals surface area contributed by atoms with E-state index in [0.29, 0.717) is 6.04 Å². The number of para-hydroxylation sites is 1. The molecule has 1 atom stereocenters. The Bertz CT molecular complexity index is 496. The lowest BCUT2D eigenvalue weighted by atomic mass is 9.96. The van der Waals surface area contributed by atoms with Gasteiger partial charge in [0.1, 0.15) is 11.3 Å². The molecule has 0 heterocycles. The van der Waals surface area contributed by atoms with Gasteiger partial charge in [0, 0.05) is 6.04 Å². The fraction of sp³-hybridized carbons (Fsp3) is 0.611. The minimum Gasteiger partial charge on any atom is -0.493 e. The molecule has 1 aliphatic carbocycles. The zero-order valence-electron chi connectivity index (χ0n) is 13.4. The summed E-state index contributed by atoms with van der Waals surface area (Å²) in [5.74, 6) is 1.01. The van der Waals surface area contributed by atoms with Crippen molar-refractivity contribution in [2.75, 3.05) is 6.61 Å². The summed E-state index contributed by atoms with van der Waals surface area (Å²) < 4.78 is 5.91. The summed E-state index contributed by atoms with van der Waals surface area (Å²) in [6.07, 6.45) is 5.31. The molecule has 1 fully saturated rings. The minimum absolute atomic E-state index is 0.375. The standard InChI is InChI=1S/C18H26N2O/c1-14-7-6-8-15(2)17(14)21-12-5-4-11-18(3,13-19)20-16-9-10-16/h6-8,16,20H,4-5,9-12H2,1-3H3. The Hall–Kier alpha value is -1.53. The van der Waals surface area contributed by atoms with Gasteiger partial charge in [0.2, 0.25) is 0 Å². The Balaban J connectivity index is 1.71. The van der Waals surface area contributed by atoms with Gasteiger partial charge in [0.05, 0.1) is 12.7 Å². The molecule has 1 aliphatic rings. The number of rotatable bonds is 8. The third-order valence-corrected chi connectivity index (χ3v) is 4.07. The Labute approximate surface area is 128 Å². The predicted molar refractivity (Wildman–Crippen MR) is 85.4 cm³/mol. The summed E-state index contributed by atoms with van der Waals surface area (Å²) in [6, 6.07) is 9.21. The predicted octanol–water partition coefficient (Wildman–Crippen LogP) is 3.89. The van der Waals surface area contributed by atoms with Gasteiger partial charge in [0.25, 0.3) is 0 Å². The Morgan fingerprint density at radius 3 is 2.52 bits per heavy atom. The molecule has 2 rings (SSSR count). The van der Waals surface area contributed by atoms with Crippen molar-refractivity contribution in [1.82, 2.24) is 5.32 Å². The lowest BCUT2D eigenvalue weighted by Crippen LogP contribution is -2.42. The molecule has 0 radical (unpaired) electrons. The first-order chi connectivity index (χ1) is 10.0. The number of nitriles is 1. The van der Waals surface area contributed by atoms with Crippen LogP contribution >= 0.6 is 0 Å². The molecule has 1 N–H and O–H groups in total. The first-order valence-corrected chi connectivity index (χ1v) is 7.92. The van der Waals surface area contributed by atoms with Crippen LogP contribution in [-0.4, -0.2) is 18.2 Å². The molecule has 1 aromatic rings. The van der Waals surface area contributed by atoms with Crippen molar-refractivity contribution >= 4 is 0 Å². The van der Waals surface area contributed by atoms with Crippen LogP contribution in [0.5, 0.6) is 5.75 Å². The number of nitrogens with zero attached hydrogens (tertiary/aromatic N) is 1. The maximum Gasteiger partial charge on any atom is 0.125 e. The fourth-order valence-corrected chi connectivity index (χ4v) is 2.62. The average Bonchev–Trinajstić information content (AvgIpc) is 3.25. The van der Waals surface area contributed by atoms with Crippen molar-refractivity contribution in [2.24, 2.45) is 0 Å². The van der Waals surface area contributed by atoms with Crippen molar-refractivity contribution in [1.29, 1.82) is 5.26 Å². The molecule has 3 heteroatoms. The monoisotopic (exact) mass is 286 g/mol. The van der Waals surface area contributed by atoms with Crippen molar-refractivity contribution in [3.8, 4) is 11.8 Å². The number of nitrogens with one attached hydrogen (secondary N) is 1. The highest BCUT2D eigenvalue weighted by Gasteiger charge is 2.31. The van der Waals surface area contributed by atoms with Gasteiger partial charge in [-0.3, -0.25) is 5.32 Å². The van der Waals surface area contributed by atoms with Gasteiger partial charge in [-0.05, 0) is 64.0 Å². The van der Waals surface area contributed by atoms with Crippen LogP contribution in [0, 0.1) is 25.2 Å². The maximum atomic E-state index is 9.33. The topological polar surface area (TPSA) is 45.0 Å². The second kappa shape index (κ2) is 6.95. The molecule has 0 aromatic heterocycles. The highest BCUT2D eigenvalue weighted by molar-refractivity contribution is 5.39. The number of hydrogen-bond acceptors (Lipinski definition) is 3. The lowest BCUT2D eigenvalue weighted by Gasteiger charge is -2.23. The van der Waals surface area contributed by atoms with Gasteiger partial charge in [0.15, 0.2) is 0 Å². The molecule has 0 amide bonds. The minimum atomic E-state index is -0.375. The zero-order valence-corrected chi connectivity index (χ0v) is 13.4. The second-order valence-electron chi connectivity index (χ2n) is 6.39. The summed E-state index contributed by atoms with van der Waals surface area (Å²) in [7, 11) is 0. The number of benzene rings is 1. The Morgan fingerprint density at radius 1 is 1.29 bits per heavy atom. The highest BCUT2D eigenvalue weighted by Crippen LogP contribution is 2.25. The van der Waals surface area contributed by atoms with Crippen molar-refractivity contribution in [3.63, 3.8) is 0 Å². The van der Waals surface area contributed by atoms with Crippen LogP contribution in [0.4, 0.5) is 0 Å². The summed E-state index contributed by atoms with van der Waals surface area (Å²) in [4.78, 5) is 0. The average molecular weight is 286 g/mol. The van der Waals surface area contributed by atoms with Crippen LogP contribution in [0.2, 0.25) is 0 Å². The third kappa shape index (κ3) is 4.75. The molecule has 114 valence electrons. The smallest absolute Gasteiger partial charge is 0.125 e. The highest BCUT2D eigenvalue weighted by atomic mass is 16.5. The molecule has 1 unspecified atom stereocenters. The van der Waals surface area contributed by atoms with Crippen LogP contribution in [-0.2, 0) is 0 Å². The van der Waals surface area contributed by atoms with Crippen LogP contribution in [0.3, 0.4) is 0 Å². The molecular weight excluding hydrogens is 260 g/mol. The van der Waals surface area contributed by atoms with Gasteiger partial charge in [-0.1, -0.05) is 18.2 Å². The zero-order chi connectivity index (χ0) is 15.3. The van der Waals surface area contributed by atoms with Crippen molar-refractivity contribution in [3.05, 3.63) is 29.3 Å². The number of ether oxygens (including phenoxy) is 1. The lowest BCUT2D eigenvalue weighted by molar-refractivity contribution is 0.291. The van der Waals surface area contributed by atoms with Gasteiger partial charge in [-0.25, -0.2) is 0 Å². The second-order valence-corrected chi connectivity index (χ2v) is 6.39. The molecule has 0 aliphatic heterocycles. The van der Waals surface area contributed by atoms with Crippen LogP contribution in [0.1, 0.15) is 50.2 Å². The first-order valence-electron chi connectivity index (χ1n) is 7.92. The van der Waals surface area contributed by atoms with Gasteiger partial charge < -0.3 is 4.74 Å². The summed E-state index contributed by atoms with van der Waals surface area (Å²) >= 11 is 0. The van der Waals surface area contributed by atoms with E-state index in [1.807, 2.05) is 6.92 Å². The van der Waals surface area contributed by atoms with Gasteiger partial charge in [-0.2, -0.15) is 5.26 Å². The summed E-state index contributed by atoms with van der Waals surface area (Å²) in [6.45, 7) is 6.89. The SMILES string of the molecule is Cc1cccc(C)c1OCCCCC(C)(C#N)NC1CC1. The first kappa shape index (κ1) is 15.9. The van der Waals surface area contributed by atoms with E-state index >= 15 is 0 Å². The quantitative estimate of drug-likeness (QED) is 0.737. The normalized spacial score (nSPS) is 17.0. The van der Waals surface area contributed by atoms with Crippen molar-refractivity contribution in [2.45, 2.75) is 64.5 Å². The van der Waals surface area contributed by atoms with E-state index in [1.54, 1.807) is 0 Å². The molecule has 0 saturated heterocycles. The molecule has 21 heavy (non-hydrogen) atoms. The van der Waals surface area contributed by atoms with E-state index in [4.69, 9.17) is 4.74 Å². The van der Waals surface area contributed by atoms with E-state index in [-0.39, 0.29) is 5.54 Å². The molecule has 0 spiro atoms. The van der Waals surface area contributed by atoms with Crippen LogP contribution in [0.25, 0.3) is 0 Å². The Kier molecular flexibility index (Phi) is 5.25. The fourth-order valence-electron chi connectivity index (χ4n) is 2.62. The molecule has 0 bridgehead atoms. The number of hydrogen-bond donors (Lipinski definition) is 1. The van der Waals surface area contributed by atoms with Crippen LogP contribution < -0.4 is 10.1 Å². The number of aryl methyl sites for hydroxylation is 2. The largest absolute Gasteiger partial charge is 0.493 e. The molecule has 3 nitrogen and oxygen atoms in total. The van der Waals surface area contributed by atoms with E-state index in [2.05, 4.69) is 43.4 Å². The number of unbranched alkanes of at least 4 members (excludes halogenated alkanes) is 1. The molecular formula is C18H26N2O. The summed E-state index contributed by atoms with van der Waals surface area (Å²) in [5, 5.41) is 12.8. The Morgan fingerprint density at radius 2 is 1.95 bits per heavy atom. The van der Waals surface area contributed by atoms with Gasteiger partial charge >= 0.3 is 0 Å². The van der Waals surface area contributed by atoms with Gasteiger partial charge in [-0.15, -0.1) is 0 Å². The molecule has 1 saturated carbocycles. The van der Waals surface area contributed by atoms with E-state index in [9.17, 15) is 5.26 Å². The van der Waals surface area contributed by atoms with Crippen molar-refractivity contribution < 1.29 is 4.74 Å². The summed E-state index contributed by atoms with van der Waals surface area (Å²) in [5.41, 5.74) is 2.00. The van der Waals surface area contributed by atoms with E-state index < -0.39 is 0 Å². The van der Waals surface area contributed by atoms with Crippen LogP contribution in [0.15, 0.2) is 18.2 Å². The third-order valence-electron chi connectivity index (χ3n) is 4.07.